The molecule has 1 aromatic heterocycles. The highest BCUT2D eigenvalue weighted by atomic mass is 79.9. The number of thiocarbonyl (C=S) groups is 1. The number of nitrogens with zero attached hydrogens (tertiary/aromatic N) is 2. The van der Waals surface area contributed by atoms with Crippen molar-refractivity contribution in [1.29, 1.82) is 0 Å². The van der Waals surface area contributed by atoms with E-state index in [2.05, 4.69) is 84.7 Å². The van der Waals surface area contributed by atoms with Crippen LogP contribution >= 0.6 is 39.5 Å². The number of nitrogens with two attached hydrogens (primary N) is 1. The average molecular weight is 852 g/mol. The number of Topliss-reactive ketones (excluding diaryl/α,β-unsaturated/α-hetero) is 1. The first-order chi connectivity index (χ1) is 26.1. The first-order valence-electron chi connectivity index (χ1n) is 20.5. The molecule has 10 heteroatoms. The molecule has 1 amide bonds. The van der Waals surface area contributed by atoms with Crippen LogP contribution in [0.1, 0.15) is 167 Å². The molecular weight excluding hydrogens is 789 g/mol. The average Bonchev–Trinajstić information content (AvgIpc) is 3.68. The molecule has 4 aliphatic rings. The third kappa shape index (κ3) is 11.7. The number of nitrogens with one attached hydrogen (secondary N) is 1. The van der Waals surface area contributed by atoms with Crippen LogP contribution in [0, 0.1) is 5.92 Å². The van der Waals surface area contributed by atoms with Crippen molar-refractivity contribution >= 4 is 56.3 Å². The summed E-state index contributed by atoms with van der Waals surface area (Å²) in [5.74, 6) is 3.72. The monoisotopic (exact) mass is 850 g/mol. The largest absolute Gasteiger partial charge is 0.444 e. The Morgan fingerprint density at radius 1 is 0.855 bits per heavy atom. The number of carbonyl (C=O) groups excluding carboxylic acids is 2. The number of hydrogen-bond donors (Lipinski definition) is 2. The number of rotatable bonds is 5. The normalized spacial score (nSPS) is 22.9. The Bertz CT molecular complexity index is 1770. The smallest absolute Gasteiger partial charge is 0.410 e. The van der Waals surface area contributed by atoms with Crippen LogP contribution in [0.15, 0.2) is 41.8 Å². The van der Waals surface area contributed by atoms with Crippen LogP contribution < -0.4 is 11.1 Å². The van der Waals surface area contributed by atoms with Crippen molar-refractivity contribution in [3.05, 3.63) is 74.6 Å². The molecule has 300 valence electrons. The van der Waals surface area contributed by atoms with E-state index < -0.39 is 5.60 Å². The minimum atomic E-state index is -0.433. The highest BCUT2D eigenvalue weighted by Gasteiger charge is 2.28. The van der Waals surface area contributed by atoms with Crippen LogP contribution in [0.5, 0.6) is 0 Å². The molecule has 7 nitrogen and oxygen atoms in total. The Morgan fingerprint density at radius 3 is 1.95 bits per heavy atom. The molecule has 7 rings (SSSR count). The molecule has 2 aliphatic carbocycles. The minimum Gasteiger partial charge on any atom is -0.444 e. The lowest BCUT2D eigenvalue weighted by atomic mass is 9.77. The molecular formula is C45H63BrN4O3S2. The summed E-state index contributed by atoms with van der Waals surface area (Å²) in [5.41, 5.74) is 14.4. The molecule has 0 spiro atoms. The molecule has 2 fully saturated rings. The van der Waals surface area contributed by atoms with Crippen molar-refractivity contribution in [3.63, 3.8) is 0 Å². The summed E-state index contributed by atoms with van der Waals surface area (Å²) in [6, 6.07) is 13.3. The quantitative estimate of drug-likeness (QED) is 0.150. The van der Waals surface area contributed by atoms with Crippen molar-refractivity contribution in [2.75, 3.05) is 31.5 Å². The van der Waals surface area contributed by atoms with Crippen molar-refractivity contribution in [1.82, 2.24) is 15.2 Å². The van der Waals surface area contributed by atoms with Crippen LogP contribution in [0.3, 0.4) is 0 Å². The molecule has 3 heterocycles. The number of amides is 1. The van der Waals surface area contributed by atoms with Crippen LogP contribution in [0.4, 0.5) is 4.79 Å². The molecule has 0 saturated carbocycles. The Hall–Kier alpha value is -2.66. The zero-order chi connectivity index (χ0) is 39.9. The van der Waals surface area contributed by atoms with Gasteiger partial charge in [-0.3, -0.25) is 4.79 Å². The summed E-state index contributed by atoms with van der Waals surface area (Å²) >= 11 is 10.0. The van der Waals surface area contributed by atoms with Crippen molar-refractivity contribution in [2.24, 2.45) is 11.7 Å². The van der Waals surface area contributed by atoms with E-state index in [9.17, 15) is 9.59 Å². The number of carbonyl (C=O) groups is 2. The zero-order valence-electron chi connectivity index (χ0n) is 34.1. The van der Waals surface area contributed by atoms with E-state index in [0.717, 1.165) is 31.5 Å². The van der Waals surface area contributed by atoms with Gasteiger partial charge in [0.05, 0.1) is 21.0 Å². The Labute approximate surface area is 348 Å². The van der Waals surface area contributed by atoms with E-state index in [1.807, 2.05) is 38.2 Å². The molecule has 3 N–H and O–H groups in total. The SMILES string of the molecule is CC(C)(C)OC(=O)N1CCC(C(N)=S)CC1.CC1CCC(C)c2cc(-c3csc(C4CCNCC4)n3)ccc21.CC1CCC(C)c2cc(C(=O)CBr)ccc21. The van der Waals surface area contributed by atoms with E-state index in [0.29, 0.717) is 53.0 Å². The first kappa shape index (κ1) is 43.5. The number of piperidine rings is 2. The second-order valence-corrected chi connectivity index (χ2v) is 19.2. The summed E-state index contributed by atoms with van der Waals surface area (Å²) < 4.78 is 5.30. The second-order valence-electron chi connectivity index (χ2n) is 17.2. The number of hydrogen-bond acceptors (Lipinski definition) is 7. The van der Waals surface area contributed by atoms with Crippen LogP contribution in [-0.4, -0.2) is 63.9 Å². The second kappa shape index (κ2) is 19.7. The number of alkyl halides is 1. The minimum absolute atomic E-state index is 0.174. The maximum atomic E-state index is 11.7. The molecule has 2 aromatic carbocycles. The number of benzene rings is 2. The van der Waals surface area contributed by atoms with Gasteiger partial charge in [-0.2, -0.15) is 0 Å². The fourth-order valence-corrected chi connectivity index (χ4v) is 9.84. The lowest BCUT2D eigenvalue weighted by Gasteiger charge is -2.33. The topological polar surface area (TPSA) is 97.6 Å². The van der Waals surface area contributed by atoms with Crippen LogP contribution in [-0.2, 0) is 4.74 Å². The lowest BCUT2D eigenvalue weighted by Crippen LogP contribution is -2.43. The van der Waals surface area contributed by atoms with E-state index in [1.165, 1.54) is 65.9 Å². The highest BCUT2D eigenvalue weighted by molar-refractivity contribution is 9.09. The van der Waals surface area contributed by atoms with Gasteiger partial charge < -0.3 is 20.7 Å². The van der Waals surface area contributed by atoms with Crippen molar-refractivity contribution < 1.29 is 14.3 Å². The zero-order valence-corrected chi connectivity index (χ0v) is 37.3. The van der Waals surface area contributed by atoms with Gasteiger partial charge in [0.1, 0.15) is 5.60 Å². The molecule has 55 heavy (non-hydrogen) atoms. The van der Waals surface area contributed by atoms with Gasteiger partial charge in [-0.25, -0.2) is 9.78 Å². The van der Waals surface area contributed by atoms with Crippen LogP contribution in [0.25, 0.3) is 11.3 Å². The predicted molar refractivity (Wildman–Crippen MR) is 236 cm³/mol. The predicted octanol–water partition coefficient (Wildman–Crippen LogP) is 11.5. The molecule has 2 aliphatic heterocycles. The van der Waals surface area contributed by atoms with Gasteiger partial charge in [0.25, 0.3) is 0 Å². The Balaban J connectivity index is 0.000000163. The number of halogens is 1. The Morgan fingerprint density at radius 2 is 1.40 bits per heavy atom. The highest BCUT2D eigenvalue weighted by Crippen LogP contribution is 2.41. The van der Waals surface area contributed by atoms with E-state index in [-0.39, 0.29) is 17.8 Å². The third-order valence-electron chi connectivity index (χ3n) is 11.9. The molecule has 4 unspecified atom stereocenters. The third-order valence-corrected chi connectivity index (χ3v) is 13.7. The number of likely N-dealkylation sites (tertiary alicyclic amines) is 1. The first-order valence-corrected chi connectivity index (χ1v) is 22.9. The van der Waals surface area contributed by atoms with Gasteiger partial charge in [-0.15, -0.1) is 11.3 Å². The number of ketones is 1. The fraction of sp³-hybridized carbons (Fsp3) is 0.600. The molecule has 3 aromatic rings. The van der Waals surface area contributed by atoms with Gasteiger partial charge in [0.2, 0.25) is 0 Å². The van der Waals surface area contributed by atoms with Crippen molar-refractivity contribution in [3.8, 4) is 11.3 Å². The van der Waals surface area contributed by atoms with Gasteiger partial charge in [-0.05, 0) is 143 Å². The molecule has 2 saturated heterocycles. The number of fused-ring (bicyclic) bond motifs is 2. The molecule has 4 atom stereocenters. The number of ether oxygens (including phenoxy) is 1. The lowest BCUT2D eigenvalue weighted by molar-refractivity contribution is 0.0202. The molecule has 0 bridgehead atoms. The van der Waals surface area contributed by atoms with Gasteiger partial charge >= 0.3 is 6.09 Å². The summed E-state index contributed by atoms with van der Waals surface area (Å²) in [5, 5.41) is 7.45. The standard InChI is InChI=1S/C20H26N2S.C14H17BrO.C11H20N2O2S/c1-13-3-4-14(2)18-11-16(5-6-17(13)18)19-12-23-20(22-19)15-7-9-21-10-8-15;1-9-3-4-10(2)13-7-11(14(16)8-15)5-6-12(9)13;1-11(2,3)15-10(14)13-6-4-8(5-7-13)9(12)16/h5-6,11-15,21H,3-4,7-10H2,1-2H3;5-7,9-10H,3-4,8H2,1-2H3;8H,4-7H2,1-3H3,(H2,12,16). The fourth-order valence-electron chi connectivity index (χ4n) is 8.28. The van der Waals surface area contributed by atoms with Gasteiger partial charge in [-0.1, -0.05) is 80.1 Å². The van der Waals surface area contributed by atoms with E-state index >= 15 is 0 Å². The number of aromatic nitrogens is 1. The summed E-state index contributed by atoms with van der Waals surface area (Å²) in [7, 11) is 0. The van der Waals surface area contributed by atoms with Gasteiger partial charge in [0.15, 0.2) is 5.78 Å². The maximum Gasteiger partial charge on any atom is 0.410 e. The molecule has 0 radical (unpaired) electrons. The van der Waals surface area contributed by atoms with E-state index in [1.54, 1.807) is 16.0 Å². The van der Waals surface area contributed by atoms with Gasteiger partial charge in [0, 0.05) is 41.4 Å². The van der Waals surface area contributed by atoms with E-state index in [4.69, 9.17) is 27.7 Å². The van der Waals surface area contributed by atoms with Crippen molar-refractivity contribution in [2.45, 2.75) is 135 Å². The summed E-state index contributed by atoms with van der Waals surface area (Å²) in [6.07, 6.45) is 9.04. The Kier molecular flexibility index (Phi) is 15.5. The summed E-state index contributed by atoms with van der Waals surface area (Å²) in [6.45, 7) is 18.5. The maximum absolute atomic E-state index is 11.7. The summed E-state index contributed by atoms with van der Waals surface area (Å²) in [4.78, 5) is 30.6. The van der Waals surface area contributed by atoms with Crippen LogP contribution in [0.2, 0.25) is 0 Å². The number of thiazole rings is 1.